The molecule has 0 spiro atoms. The van der Waals surface area contributed by atoms with Crippen LogP contribution in [0.4, 0.5) is 0 Å². The van der Waals surface area contributed by atoms with Crippen LogP contribution >= 0.6 is 23.7 Å². The van der Waals surface area contributed by atoms with Gasteiger partial charge in [0, 0.05) is 24.5 Å². The second kappa shape index (κ2) is 8.42. The van der Waals surface area contributed by atoms with Crippen molar-refractivity contribution in [3.63, 3.8) is 0 Å². The van der Waals surface area contributed by atoms with Crippen molar-refractivity contribution in [2.24, 2.45) is 0 Å². The predicted octanol–water partition coefficient (Wildman–Crippen LogP) is 3.70. The van der Waals surface area contributed by atoms with Crippen molar-refractivity contribution >= 4 is 39.9 Å². The number of piperidine rings is 1. The Morgan fingerprint density at radius 3 is 2.63 bits per heavy atom. The van der Waals surface area contributed by atoms with E-state index in [1.165, 1.54) is 5.56 Å². The van der Waals surface area contributed by atoms with Crippen molar-refractivity contribution in [2.75, 3.05) is 20.1 Å². The van der Waals surface area contributed by atoms with Crippen LogP contribution in [0.5, 0.6) is 0 Å². The lowest BCUT2D eigenvalue weighted by Crippen LogP contribution is -2.43. The first-order valence-corrected chi connectivity index (χ1v) is 9.95. The van der Waals surface area contributed by atoms with Gasteiger partial charge in [-0.25, -0.2) is 0 Å². The number of hydrogen-bond acceptors (Lipinski definition) is 4. The van der Waals surface area contributed by atoms with Gasteiger partial charge in [0.05, 0.1) is 17.1 Å². The molecule has 1 saturated heterocycles. The van der Waals surface area contributed by atoms with E-state index in [1.807, 2.05) is 47.8 Å². The summed E-state index contributed by atoms with van der Waals surface area (Å²) in [5.74, 6) is 0.159. The smallest absolute Gasteiger partial charge is 0.264 e. The van der Waals surface area contributed by atoms with Crippen LogP contribution in [0.1, 0.15) is 33.8 Å². The largest absolute Gasteiger partial charge is 0.338 e. The van der Waals surface area contributed by atoms with Gasteiger partial charge in [0.15, 0.2) is 0 Å². The number of carbonyl (C=O) groups is 1. The summed E-state index contributed by atoms with van der Waals surface area (Å²) < 4.78 is 2.02. The second-order valence-corrected chi connectivity index (χ2v) is 7.94. The first-order chi connectivity index (χ1) is 12.7. The molecule has 1 amide bonds. The normalized spacial score (nSPS) is 15.1. The van der Waals surface area contributed by atoms with E-state index in [1.54, 1.807) is 11.3 Å². The number of benzene rings is 1. The number of hydrogen-bond donors (Lipinski definition) is 1. The number of nitrogens with one attached hydrogen (secondary N) is 1. The van der Waals surface area contributed by atoms with Crippen LogP contribution in [0, 0.1) is 6.92 Å². The number of carbonyl (C=O) groups excluding carboxylic acids is 1. The molecule has 3 heterocycles. The van der Waals surface area contributed by atoms with E-state index in [-0.39, 0.29) is 18.3 Å². The molecule has 1 fully saturated rings. The van der Waals surface area contributed by atoms with Gasteiger partial charge in [-0.15, -0.1) is 23.7 Å². The van der Waals surface area contributed by atoms with Crippen LogP contribution < -0.4 is 5.32 Å². The van der Waals surface area contributed by atoms with Crippen LogP contribution in [0.25, 0.3) is 10.2 Å². The maximum Gasteiger partial charge on any atom is 0.264 e. The zero-order valence-electron chi connectivity index (χ0n) is 15.6. The molecular formula is C20H25ClN4OS. The van der Waals surface area contributed by atoms with E-state index in [2.05, 4.69) is 22.5 Å². The lowest BCUT2D eigenvalue weighted by atomic mass is 10.1. The molecule has 4 rings (SSSR count). The number of rotatable bonds is 4. The van der Waals surface area contributed by atoms with Crippen LogP contribution in [-0.4, -0.2) is 46.8 Å². The van der Waals surface area contributed by atoms with Crippen molar-refractivity contribution in [3.8, 4) is 0 Å². The van der Waals surface area contributed by atoms with E-state index in [0.29, 0.717) is 6.04 Å². The highest BCUT2D eigenvalue weighted by molar-refractivity contribution is 7.20. The summed E-state index contributed by atoms with van der Waals surface area (Å²) in [4.78, 5) is 16.8. The average Bonchev–Trinajstić information content (AvgIpc) is 3.24. The third-order valence-corrected chi connectivity index (χ3v) is 6.32. The molecule has 0 bridgehead atoms. The van der Waals surface area contributed by atoms with Gasteiger partial charge in [-0.1, -0.05) is 30.3 Å². The van der Waals surface area contributed by atoms with E-state index < -0.39 is 0 Å². The quantitative estimate of drug-likeness (QED) is 0.721. The van der Waals surface area contributed by atoms with Crippen molar-refractivity contribution in [3.05, 3.63) is 52.5 Å². The Kier molecular flexibility index (Phi) is 6.19. The minimum absolute atomic E-state index is 0. The van der Waals surface area contributed by atoms with Crippen LogP contribution in [0.3, 0.4) is 0 Å². The average molecular weight is 405 g/mol. The Morgan fingerprint density at radius 1 is 1.26 bits per heavy atom. The molecule has 5 nitrogen and oxygen atoms in total. The Bertz CT molecular complexity index is 913. The minimum Gasteiger partial charge on any atom is -0.338 e. The summed E-state index contributed by atoms with van der Waals surface area (Å²) >= 11 is 1.57. The molecule has 1 N–H and O–H groups in total. The fraction of sp³-hybridized carbons (Fsp3) is 0.400. The maximum atomic E-state index is 12.9. The first kappa shape index (κ1) is 19.9. The highest BCUT2D eigenvalue weighted by Crippen LogP contribution is 2.30. The monoisotopic (exact) mass is 404 g/mol. The molecular weight excluding hydrogens is 380 g/mol. The summed E-state index contributed by atoms with van der Waals surface area (Å²) in [6, 6.07) is 12.9. The van der Waals surface area contributed by atoms with Gasteiger partial charge < -0.3 is 10.2 Å². The van der Waals surface area contributed by atoms with E-state index in [0.717, 1.165) is 53.3 Å². The molecule has 144 valence electrons. The third kappa shape index (κ3) is 4.03. The number of amides is 1. The van der Waals surface area contributed by atoms with Gasteiger partial charge in [-0.3, -0.25) is 9.48 Å². The van der Waals surface area contributed by atoms with Crippen molar-refractivity contribution in [1.29, 1.82) is 0 Å². The van der Waals surface area contributed by atoms with Crippen molar-refractivity contribution in [2.45, 2.75) is 32.4 Å². The molecule has 0 saturated carbocycles. The predicted molar refractivity (Wildman–Crippen MR) is 113 cm³/mol. The number of aryl methyl sites for hydroxylation is 1. The SMILES string of the molecule is CNC1CCN(C(=O)c2cc3c(C)nn(Cc4ccccc4)c3s2)CC1.Cl. The maximum absolute atomic E-state index is 12.9. The van der Waals surface area contributed by atoms with Gasteiger partial charge >= 0.3 is 0 Å². The fourth-order valence-corrected chi connectivity index (χ4v) is 4.74. The van der Waals surface area contributed by atoms with E-state index >= 15 is 0 Å². The van der Waals surface area contributed by atoms with Crippen LogP contribution in [0.15, 0.2) is 36.4 Å². The number of aromatic nitrogens is 2. The highest BCUT2D eigenvalue weighted by atomic mass is 35.5. The molecule has 0 radical (unpaired) electrons. The molecule has 1 aliphatic heterocycles. The highest BCUT2D eigenvalue weighted by Gasteiger charge is 2.25. The van der Waals surface area contributed by atoms with E-state index in [9.17, 15) is 4.79 Å². The Morgan fingerprint density at radius 2 is 1.96 bits per heavy atom. The second-order valence-electron chi connectivity index (χ2n) is 6.91. The van der Waals surface area contributed by atoms with Crippen molar-refractivity contribution in [1.82, 2.24) is 20.0 Å². The molecule has 0 atom stereocenters. The standard InChI is InChI=1S/C20H24N4OS.ClH/c1-14-17-12-18(19(25)23-10-8-16(21-2)9-11-23)26-20(17)24(22-14)13-15-6-4-3-5-7-15;/h3-7,12,16,21H,8-11,13H2,1-2H3;1H. The number of thiophene rings is 1. The zero-order chi connectivity index (χ0) is 18.1. The summed E-state index contributed by atoms with van der Waals surface area (Å²) in [5, 5.41) is 9.08. The molecule has 1 aliphatic rings. The lowest BCUT2D eigenvalue weighted by Gasteiger charge is -2.31. The summed E-state index contributed by atoms with van der Waals surface area (Å²) in [5.41, 5.74) is 2.20. The van der Waals surface area contributed by atoms with Crippen molar-refractivity contribution < 1.29 is 4.79 Å². The molecule has 7 heteroatoms. The molecule has 0 aliphatic carbocycles. The number of nitrogens with zero attached hydrogens (tertiary/aromatic N) is 3. The topological polar surface area (TPSA) is 50.2 Å². The Labute approximate surface area is 169 Å². The first-order valence-electron chi connectivity index (χ1n) is 9.13. The number of likely N-dealkylation sites (tertiary alicyclic amines) is 1. The van der Waals surface area contributed by atoms with Gasteiger partial charge in [0.1, 0.15) is 4.83 Å². The molecule has 3 aromatic rings. The fourth-order valence-electron chi connectivity index (χ4n) is 3.61. The van der Waals surface area contributed by atoms with Gasteiger partial charge in [0.2, 0.25) is 0 Å². The molecule has 27 heavy (non-hydrogen) atoms. The minimum atomic E-state index is 0. The van der Waals surface area contributed by atoms with Gasteiger partial charge in [0.25, 0.3) is 5.91 Å². The molecule has 1 aromatic carbocycles. The molecule has 0 unspecified atom stereocenters. The summed E-state index contributed by atoms with van der Waals surface area (Å²) in [7, 11) is 2.00. The molecule has 2 aromatic heterocycles. The number of fused-ring (bicyclic) bond motifs is 1. The Balaban J connectivity index is 0.00000210. The van der Waals surface area contributed by atoms with Crippen LogP contribution in [0.2, 0.25) is 0 Å². The zero-order valence-corrected chi connectivity index (χ0v) is 17.3. The lowest BCUT2D eigenvalue weighted by molar-refractivity contribution is 0.0712. The number of halogens is 1. The Hall–Kier alpha value is -1.89. The van der Waals surface area contributed by atoms with Gasteiger partial charge in [-0.05, 0) is 38.4 Å². The third-order valence-electron chi connectivity index (χ3n) is 5.18. The summed E-state index contributed by atoms with van der Waals surface area (Å²) in [6.45, 7) is 4.40. The van der Waals surface area contributed by atoms with Gasteiger partial charge in [-0.2, -0.15) is 5.10 Å². The van der Waals surface area contributed by atoms with Crippen LogP contribution in [-0.2, 0) is 6.54 Å². The summed E-state index contributed by atoms with van der Waals surface area (Å²) in [6.07, 6.45) is 2.04. The van der Waals surface area contributed by atoms with E-state index in [4.69, 9.17) is 0 Å².